The second kappa shape index (κ2) is 8.13. The molecular formula is C21H24N4OS. The molecule has 0 spiro atoms. The van der Waals surface area contributed by atoms with Gasteiger partial charge in [-0.3, -0.25) is 4.79 Å². The Hall–Kier alpha value is -2.34. The van der Waals surface area contributed by atoms with Crippen LogP contribution in [0.4, 0.5) is 0 Å². The molecule has 0 atom stereocenters. The monoisotopic (exact) mass is 380 g/mol. The molecule has 1 aromatic heterocycles. The Kier molecular flexibility index (Phi) is 5.43. The molecule has 1 fully saturated rings. The summed E-state index contributed by atoms with van der Waals surface area (Å²) in [4.78, 5) is 11.2. The van der Waals surface area contributed by atoms with Crippen LogP contribution in [0.25, 0.3) is 10.8 Å². The highest BCUT2D eigenvalue weighted by Crippen LogP contribution is 2.33. The van der Waals surface area contributed by atoms with Gasteiger partial charge in [0.2, 0.25) is 5.91 Å². The third kappa shape index (κ3) is 4.00. The van der Waals surface area contributed by atoms with Crippen molar-refractivity contribution in [1.29, 1.82) is 0 Å². The second-order valence-corrected chi connectivity index (χ2v) is 8.07. The molecule has 0 radical (unpaired) electrons. The van der Waals surface area contributed by atoms with Crippen molar-refractivity contribution in [2.45, 2.75) is 49.7 Å². The fourth-order valence-corrected chi connectivity index (χ4v) is 4.75. The van der Waals surface area contributed by atoms with Crippen molar-refractivity contribution in [3.05, 3.63) is 53.9 Å². The number of fused-ring (bicyclic) bond motifs is 1. The largest absolute Gasteiger partial charge is 0.369 e. The van der Waals surface area contributed by atoms with E-state index in [9.17, 15) is 4.79 Å². The molecule has 2 aromatic carbocycles. The van der Waals surface area contributed by atoms with Crippen LogP contribution < -0.4 is 5.73 Å². The number of carbonyl (C=O) groups is 1. The first-order chi connectivity index (χ1) is 13.2. The Balaban J connectivity index is 1.69. The summed E-state index contributed by atoms with van der Waals surface area (Å²) in [7, 11) is 0. The van der Waals surface area contributed by atoms with Crippen LogP contribution in [-0.4, -0.2) is 26.4 Å². The van der Waals surface area contributed by atoms with Gasteiger partial charge in [0, 0.05) is 12.5 Å². The lowest BCUT2D eigenvalue weighted by molar-refractivity contribution is -0.115. The van der Waals surface area contributed by atoms with Gasteiger partial charge in [-0.1, -0.05) is 73.5 Å². The molecule has 3 aromatic rings. The maximum Gasteiger partial charge on any atom is 0.227 e. The van der Waals surface area contributed by atoms with Crippen molar-refractivity contribution < 1.29 is 4.79 Å². The lowest BCUT2D eigenvalue weighted by atomic mass is 9.95. The zero-order valence-corrected chi connectivity index (χ0v) is 16.1. The molecule has 27 heavy (non-hydrogen) atoms. The molecule has 1 aliphatic rings. The highest BCUT2D eigenvalue weighted by atomic mass is 32.2. The van der Waals surface area contributed by atoms with E-state index in [-0.39, 0.29) is 11.7 Å². The second-order valence-electron chi connectivity index (χ2n) is 7.13. The van der Waals surface area contributed by atoms with Crippen LogP contribution in [-0.2, 0) is 11.2 Å². The Morgan fingerprint density at radius 1 is 1.07 bits per heavy atom. The molecule has 1 amide bonds. The molecular weight excluding hydrogens is 356 g/mol. The van der Waals surface area contributed by atoms with Crippen LogP contribution in [0.3, 0.4) is 0 Å². The fraction of sp³-hybridized carbons (Fsp3) is 0.381. The van der Waals surface area contributed by atoms with Crippen LogP contribution in [0.1, 0.15) is 49.5 Å². The minimum Gasteiger partial charge on any atom is -0.369 e. The van der Waals surface area contributed by atoms with Crippen molar-refractivity contribution in [3.63, 3.8) is 0 Å². The molecule has 0 saturated heterocycles. The third-order valence-corrected chi connectivity index (χ3v) is 6.21. The molecule has 1 heterocycles. The van der Waals surface area contributed by atoms with E-state index < -0.39 is 0 Å². The number of hydrogen-bond acceptors (Lipinski definition) is 4. The third-order valence-electron chi connectivity index (χ3n) is 5.25. The predicted octanol–water partition coefficient (Wildman–Crippen LogP) is 4.10. The summed E-state index contributed by atoms with van der Waals surface area (Å²) < 4.78 is 2.27. The van der Waals surface area contributed by atoms with Crippen molar-refractivity contribution in [1.82, 2.24) is 14.8 Å². The molecule has 0 bridgehead atoms. The van der Waals surface area contributed by atoms with E-state index in [1.165, 1.54) is 47.4 Å². The van der Waals surface area contributed by atoms with E-state index in [1.54, 1.807) is 0 Å². The Morgan fingerprint density at radius 2 is 1.85 bits per heavy atom. The number of carbonyl (C=O) groups excluding carboxylic acids is 1. The maximum absolute atomic E-state index is 11.2. The first-order valence-corrected chi connectivity index (χ1v) is 10.5. The molecule has 4 rings (SSSR count). The first-order valence-electron chi connectivity index (χ1n) is 9.54. The summed E-state index contributed by atoms with van der Waals surface area (Å²) in [5.74, 6) is 0.887. The van der Waals surface area contributed by atoms with Crippen molar-refractivity contribution in [2.24, 2.45) is 5.73 Å². The van der Waals surface area contributed by atoms with Gasteiger partial charge < -0.3 is 10.3 Å². The van der Waals surface area contributed by atoms with Gasteiger partial charge >= 0.3 is 0 Å². The molecule has 5 nitrogen and oxygen atoms in total. The number of rotatable bonds is 6. The average molecular weight is 381 g/mol. The first kappa shape index (κ1) is 18.0. The average Bonchev–Trinajstić information content (AvgIpc) is 3.10. The topological polar surface area (TPSA) is 73.8 Å². The van der Waals surface area contributed by atoms with E-state index in [0.29, 0.717) is 6.04 Å². The van der Waals surface area contributed by atoms with Gasteiger partial charge in [0.05, 0.1) is 5.75 Å². The molecule has 6 heteroatoms. The molecule has 140 valence electrons. The summed E-state index contributed by atoms with van der Waals surface area (Å²) in [5.41, 5.74) is 6.60. The number of primary amides is 1. The molecule has 1 saturated carbocycles. The van der Waals surface area contributed by atoms with Gasteiger partial charge in [0.25, 0.3) is 0 Å². The summed E-state index contributed by atoms with van der Waals surface area (Å²) in [6.07, 6.45) is 6.78. The zero-order chi connectivity index (χ0) is 18.6. The number of aromatic nitrogens is 3. The molecule has 1 aliphatic carbocycles. The van der Waals surface area contributed by atoms with Crippen molar-refractivity contribution >= 4 is 28.4 Å². The van der Waals surface area contributed by atoms with Gasteiger partial charge in [-0.05, 0) is 29.2 Å². The van der Waals surface area contributed by atoms with Crippen LogP contribution in [0.15, 0.2) is 47.6 Å². The van der Waals surface area contributed by atoms with Gasteiger partial charge in [-0.25, -0.2) is 0 Å². The summed E-state index contributed by atoms with van der Waals surface area (Å²) in [6, 6.07) is 15.3. The van der Waals surface area contributed by atoms with Gasteiger partial charge in [0.15, 0.2) is 5.16 Å². The standard InChI is InChI=1S/C21H24N4OS/c22-19(26)14-27-21-24-23-20(25(21)17-10-2-1-3-11-17)13-16-9-6-8-15-7-4-5-12-18(15)16/h4-9,12,17H,1-3,10-11,13-14H2,(H2,22,26). The number of benzene rings is 2. The van der Waals surface area contributed by atoms with E-state index in [1.807, 2.05) is 0 Å². The van der Waals surface area contributed by atoms with Crippen LogP contribution in [0.2, 0.25) is 0 Å². The summed E-state index contributed by atoms with van der Waals surface area (Å²) >= 11 is 1.40. The highest BCUT2D eigenvalue weighted by molar-refractivity contribution is 7.99. The minimum atomic E-state index is -0.325. The zero-order valence-electron chi connectivity index (χ0n) is 15.3. The SMILES string of the molecule is NC(=O)CSc1nnc(Cc2cccc3ccccc23)n1C1CCCCC1. The number of hydrogen-bond donors (Lipinski definition) is 1. The van der Waals surface area contributed by atoms with Crippen LogP contribution in [0.5, 0.6) is 0 Å². The van der Waals surface area contributed by atoms with E-state index in [2.05, 4.69) is 57.2 Å². The summed E-state index contributed by atoms with van der Waals surface area (Å²) in [6.45, 7) is 0. The van der Waals surface area contributed by atoms with Crippen LogP contribution >= 0.6 is 11.8 Å². The van der Waals surface area contributed by atoms with E-state index in [0.717, 1.165) is 30.2 Å². The number of nitrogens with two attached hydrogens (primary N) is 1. The molecule has 0 unspecified atom stereocenters. The lowest BCUT2D eigenvalue weighted by Gasteiger charge is -2.25. The number of amides is 1. The van der Waals surface area contributed by atoms with E-state index >= 15 is 0 Å². The quantitative estimate of drug-likeness (QED) is 0.653. The van der Waals surface area contributed by atoms with Gasteiger partial charge in [-0.15, -0.1) is 10.2 Å². The van der Waals surface area contributed by atoms with E-state index in [4.69, 9.17) is 5.73 Å². The molecule has 0 aliphatic heterocycles. The Morgan fingerprint density at radius 3 is 2.67 bits per heavy atom. The van der Waals surface area contributed by atoms with Gasteiger partial charge in [-0.2, -0.15) is 0 Å². The number of thioether (sulfide) groups is 1. The molecule has 2 N–H and O–H groups in total. The smallest absolute Gasteiger partial charge is 0.227 e. The van der Waals surface area contributed by atoms with Crippen LogP contribution in [0, 0.1) is 0 Å². The Bertz CT molecular complexity index is 941. The summed E-state index contributed by atoms with van der Waals surface area (Å²) in [5, 5.41) is 12.2. The fourth-order valence-electron chi connectivity index (χ4n) is 3.99. The minimum absolute atomic E-state index is 0.235. The van der Waals surface area contributed by atoms with Gasteiger partial charge in [0.1, 0.15) is 5.82 Å². The van der Waals surface area contributed by atoms with Crippen molar-refractivity contribution in [3.8, 4) is 0 Å². The Labute approximate surface area is 163 Å². The number of nitrogens with zero attached hydrogens (tertiary/aromatic N) is 3. The predicted molar refractivity (Wildman–Crippen MR) is 109 cm³/mol. The maximum atomic E-state index is 11.2. The lowest BCUT2D eigenvalue weighted by Crippen LogP contribution is -2.18. The highest BCUT2D eigenvalue weighted by Gasteiger charge is 2.23. The van der Waals surface area contributed by atoms with Crippen molar-refractivity contribution in [2.75, 3.05) is 5.75 Å². The normalized spacial score (nSPS) is 15.3.